The Balaban J connectivity index is 2.82. The second-order valence-corrected chi connectivity index (χ2v) is 3.92. The first-order valence-corrected chi connectivity index (χ1v) is 4.67. The summed E-state index contributed by atoms with van der Waals surface area (Å²) in [7, 11) is 0. The molecule has 1 N–H and O–H groups in total. The molecule has 1 aromatic heterocycles. The number of aromatic amines is 1. The van der Waals surface area contributed by atoms with Crippen LogP contribution in [0, 0.1) is 17.0 Å². The summed E-state index contributed by atoms with van der Waals surface area (Å²) in [6.07, 6.45) is 0. The molecule has 72 valence electrons. The highest BCUT2D eigenvalue weighted by Crippen LogP contribution is 2.25. The quantitative estimate of drug-likeness (QED) is 0.576. The van der Waals surface area contributed by atoms with E-state index in [1.807, 2.05) is 0 Å². The fourth-order valence-electron chi connectivity index (χ4n) is 1.29. The van der Waals surface area contributed by atoms with Crippen molar-refractivity contribution in [3.63, 3.8) is 0 Å². The highest BCUT2D eigenvalue weighted by atomic mass is 32.1. The third kappa shape index (κ3) is 1.29. The van der Waals surface area contributed by atoms with Crippen molar-refractivity contribution in [3.05, 3.63) is 37.5 Å². The minimum absolute atomic E-state index is 0.0488. The van der Waals surface area contributed by atoms with Gasteiger partial charge in [-0.3, -0.25) is 14.9 Å². The normalized spacial score (nSPS) is 10.6. The van der Waals surface area contributed by atoms with Gasteiger partial charge in [-0.1, -0.05) is 11.3 Å². The van der Waals surface area contributed by atoms with Crippen molar-refractivity contribution in [2.75, 3.05) is 0 Å². The summed E-state index contributed by atoms with van der Waals surface area (Å²) in [5.41, 5.74) is 1.26. The van der Waals surface area contributed by atoms with Gasteiger partial charge in [0.1, 0.15) is 0 Å². The van der Waals surface area contributed by atoms with Gasteiger partial charge in [-0.2, -0.15) is 0 Å². The Kier molecular flexibility index (Phi) is 1.85. The van der Waals surface area contributed by atoms with Crippen molar-refractivity contribution in [3.8, 4) is 0 Å². The molecular formula is C8H6N2O3S. The number of H-pyrrole nitrogens is 1. The number of aryl methyl sites for hydroxylation is 1. The molecule has 0 unspecified atom stereocenters. The van der Waals surface area contributed by atoms with E-state index >= 15 is 0 Å². The second-order valence-electron chi connectivity index (χ2n) is 2.91. The molecule has 0 radical (unpaired) electrons. The summed E-state index contributed by atoms with van der Waals surface area (Å²) < 4.78 is 0.618. The number of benzene rings is 1. The number of thiazole rings is 1. The van der Waals surface area contributed by atoms with E-state index in [1.54, 1.807) is 13.0 Å². The summed E-state index contributed by atoms with van der Waals surface area (Å²) in [6, 6.07) is 3.04. The van der Waals surface area contributed by atoms with Crippen molar-refractivity contribution in [1.82, 2.24) is 4.98 Å². The average Bonchev–Trinajstić information content (AvgIpc) is 2.42. The van der Waals surface area contributed by atoms with E-state index in [0.29, 0.717) is 15.8 Å². The lowest BCUT2D eigenvalue weighted by atomic mass is 10.2. The summed E-state index contributed by atoms with van der Waals surface area (Å²) in [5.74, 6) is 0. The highest BCUT2D eigenvalue weighted by molar-refractivity contribution is 7.16. The van der Waals surface area contributed by atoms with Gasteiger partial charge in [0.2, 0.25) is 0 Å². The van der Waals surface area contributed by atoms with Crippen molar-refractivity contribution in [1.29, 1.82) is 0 Å². The lowest BCUT2D eigenvalue weighted by molar-refractivity contribution is -0.385. The van der Waals surface area contributed by atoms with E-state index in [2.05, 4.69) is 4.98 Å². The molecule has 0 aliphatic rings. The molecule has 2 rings (SSSR count). The Morgan fingerprint density at radius 1 is 1.50 bits per heavy atom. The van der Waals surface area contributed by atoms with Gasteiger partial charge in [-0.15, -0.1) is 0 Å². The Morgan fingerprint density at radius 2 is 2.21 bits per heavy atom. The van der Waals surface area contributed by atoms with E-state index in [0.717, 1.165) is 11.3 Å². The monoisotopic (exact) mass is 210 g/mol. The predicted octanol–water partition coefficient (Wildman–Crippen LogP) is 1.81. The first kappa shape index (κ1) is 8.89. The fourth-order valence-corrected chi connectivity index (χ4v) is 2.04. The van der Waals surface area contributed by atoms with Crippen LogP contribution in [0.15, 0.2) is 16.9 Å². The zero-order valence-electron chi connectivity index (χ0n) is 7.23. The van der Waals surface area contributed by atoms with Crippen LogP contribution in [0.1, 0.15) is 5.56 Å². The molecule has 5 nitrogen and oxygen atoms in total. The van der Waals surface area contributed by atoms with Crippen molar-refractivity contribution in [2.24, 2.45) is 0 Å². The maximum atomic E-state index is 11.0. The molecule has 0 saturated heterocycles. The molecule has 14 heavy (non-hydrogen) atoms. The van der Waals surface area contributed by atoms with Gasteiger partial charge in [0.05, 0.1) is 15.1 Å². The van der Waals surface area contributed by atoms with Crippen LogP contribution in [0.25, 0.3) is 10.2 Å². The molecule has 1 heterocycles. The zero-order chi connectivity index (χ0) is 10.3. The van der Waals surface area contributed by atoms with E-state index in [9.17, 15) is 14.9 Å². The molecule has 0 saturated carbocycles. The molecular weight excluding hydrogens is 204 g/mol. The van der Waals surface area contributed by atoms with Crippen molar-refractivity contribution < 1.29 is 4.92 Å². The van der Waals surface area contributed by atoms with Crippen LogP contribution < -0.4 is 4.87 Å². The molecule has 0 aliphatic heterocycles. The summed E-state index contributed by atoms with van der Waals surface area (Å²) in [4.78, 5) is 23.5. The van der Waals surface area contributed by atoms with E-state index in [-0.39, 0.29) is 10.6 Å². The van der Waals surface area contributed by atoms with Crippen molar-refractivity contribution in [2.45, 2.75) is 6.92 Å². The van der Waals surface area contributed by atoms with E-state index in [4.69, 9.17) is 0 Å². The van der Waals surface area contributed by atoms with Gasteiger partial charge in [0.25, 0.3) is 5.69 Å². The number of rotatable bonds is 1. The number of fused-ring (bicyclic) bond motifs is 1. The molecule has 0 bridgehead atoms. The number of aromatic nitrogens is 1. The van der Waals surface area contributed by atoms with Crippen LogP contribution >= 0.6 is 11.3 Å². The Hall–Kier alpha value is -1.69. The van der Waals surface area contributed by atoms with E-state index in [1.165, 1.54) is 6.07 Å². The molecule has 0 amide bonds. The van der Waals surface area contributed by atoms with Gasteiger partial charge in [-0.25, -0.2) is 0 Å². The molecule has 0 fully saturated rings. The highest BCUT2D eigenvalue weighted by Gasteiger charge is 2.12. The van der Waals surface area contributed by atoms with Crippen LogP contribution in [-0.2, 0) is 0 Å². The van der Waals surface area contributed by atoms with Gasteiger partial charge >= 0.3 is 4.87 Å². The van der Waals surface area contributed by atoms with Crippen LogP contribution in [0.2, 0.25) is 0 Å². The topological polar surface area (TPSA) is 76.0 Å². The number of nitro groups is 1. The first-order chi connectivity index (χ1) is 6.58. The zero-order valence-corrected chi connectivity index (χ0v) is 8.05. The molecule has 0 spiro atoms. The van der Waals surface area contributed by atoms with Gasteiger partial charge in [0.15, 0.2) is 0 Å². The summed E-state index contributed by atoms with van der Waals surface area (Å²) in [5, 5.41) is 10.6. The Morgan fingerprint density at radius 3 is 2.86 bits per heavy atom. The predicted molar refractivity (Wildman–Crippen MR) is 53.8 cm³/mol. The number of nitrogens with zero attached hydrogens (tertiary/aromatic N) is 1. The van der Waals surface area contributed by atoms with E-state index < -0.39 is 4.92 Å². The van der Waals surface area contributed by atoms with Gasteiger partial charge in [-0.05, 0) is 13.0 Å². The first-order valence-electron chi connectivity index (χ1n) is 3.86. The fraction of sp³-hybridized carbons (Fsp3) is 0.125. The van der Waals surface area contributed by atoms with Crippen LogP contribution in [0.5, 0.6) is 0 Å². The average molecular weight is 210 g/mol. The van der Waals surface area contributed by atoms with Crippen LogP contribution in [0.3, 0.4) is 0 Å². The number of hydrogen-bond donors (Lipinski definition) is 1. The molecule has 2 aromatic rings. The van der Waals surface area contributed by atoms with Crippen LogP contribution in [-0.4, -0.2) is 9.91 Å². The Bertz CT molecular complexity index is 569. The number of nitro benzene ring substituents is 1. The smallest absolute Gasteiger partial charge is 0.305 e. The maximum absolute atomic E-state index is 11.0. The second kappa shape index (κ2) is 2.91. The third-order valence-electron chi connectivity index (χ3n) is 1.93. The maximum Gasteiger partial charge on any atom is 0.305 e. The lowest BCUT2D eigenvalue weighted by Gasteiger charge is -1.95. The lowest BCUT2D eigenvalue weighted by Crippen LogP contribution is -1.91. The standard InChI is InChI=1S/C8H6N2O3S/c1-4-2-5-7(14-8(11)9-5)3-6(4)10(12)13/h2-3H,1H3,(H,9,11). The van der Waals surface area contributed by atoms with Crippen molar-refractivity contribution >= 4 is 27.2 Å². The van der Waals surface area contributed by atoms with Crippen LogP contribution in [0.4, 0.5) is 5.69 Å². The minimum Gasteiger partial charge on any atom is -0.312 e. The molecule has 0 atom stereocenters. The van der Waals surface area contributed by atoms with Gasteiger partial charge < -0.3 is 4.98 Å². The summed E-state index contributed by atoms with van der Waals surface area (Å²) in [6.45, 7) is 1.65. The largest absolute Gasteiger partial charge is 0.312 e. The molecule has 6 heteroatoms. The Labute approximate surface area is 82.2 Å². The SMILES string of the molecule is Cc1cc2[nH]c(=O)sc2cc1[N+](=O)[O-]. The molecule has 0 aliphatic carbocycles. The summed E-state index contributed by atoms with van der Waals surface area (Å²) >= 11 is 0.977. The third-order valence-corrected chi connectivity index (χ3v) is 2.78. The van der Waals surface area contributed by atoms with Gasteiger partial charge in [0, 0.05) is 11.6 Å². The minimum atomic E-state index is -0.445. The molecule has 1 aromatic carbocycles. The number of hydrogen-bond acceptors (Lipinski definition) is 4. The number of nitrogens with one attached hydrogen (secondary N) is 1.